The first kappa shape index (κ1) is 16.9. The Kier molecular flexibility index (Phi) is 5.56. The van der Waals surface area contributed by atoms with Crippen molar-refractivity contribution in [3.63, 3.8) is 0 Å². The first-order valence-corrected chi connectivity index (χ1v) is 7.46. The number of Topliss-reactive ketones (excluding diaryl/α,β-unsaturated/α-hetero) is 1. The molecular formula is C16H22ClN3O2. The van der Waals surface area contributed by atoms with Crippen LogP contribution in [0.25, 0.3) is 0 Å². The van der Waals surface area contributed by atoms with Crippen LogP contribution in [0.2, 0.25) is 0 Å². The quantitative estimate of drug-likeness (QED) is 0.822. The molecule has 0 spiro atoms. The molecule has 2 fully saturated rings. The molecule has 6 heteroatoms. The monoisotopic (exact) mass is 323 g/mol. The van der Waals surface area contributed by atoms with Gasteiger partial charge in [0.2, 0.25) is 5.91 Å². The number of carbonyl (C=O) groups is 2. The van der Waals surface area contributed by atoms with Gasteiger partial charge in [-0.05, 0) is 44.0 Å². The summed E-state index contributed by atoms with van der Waals surface area (Å²) < 4.78 is 0. The van der Waals surface area contributed by atoms with Crippen LogP contribution in [0.4, 0.5) is 5.69 Å². The van der Waals surface area contributed by atoms with Gasteiger partial charge in [0, 0.05) is 24.3 Å². The second kappa shape index (κ2) is 7.22. The zero-order chi connectivity index (χ0) is 14.8. The lowest BCUT2D eigenvalue weighted by molar-refractivity contribution is -0.117. The summed E-state index contributed by atoms with van der Waals surface area (Å²) in [6.07, 6.45) is 0. The third kappa shape index (κ3) is 3.85. The highest BCUT2D eigenvalue weighted by Crippen LogP contribution is 2.25. The normalized spacial score (nSPS) is 23.7. The molecule has 0 aliphatic carbocycles. The largest absolute Gasteiger partial charge is 0.325 e. The lowest BCUT2D eigenvalue weighted by atomic mass is 10.0. The molecule has 2 N–H and O–H groups in total. The number of ketones is 1. The smallest absolute Gasteiger partial charge is 0.238 e. The Bertz CT molecular complexity index is 552. The molecule has 1 aromatic rings. The Balaban J connectivity index is 0.00000176. The molecule has 2 saturated heterocycles. The van der Waals surface area contributed by atoms with Crippen LogP contribution in [0.3, 0.4) is 0 Å². The van der Waals surface area contributed by atoms with Crippen molar-refractivity contribution >= 4 is 29.8 Å². The Morgan fingerprint density at radius 1 is 1.27 bits per heavy atom. The predicted octanol–water partition coefficient (Wildman–Crippen LogP) is 1.40. The highest BCUT2D eigenvalue weighted by atomic mass is 35.5. The molecule has 3 rings (SSSR count). The van der Waals surface area contributed by atoms with Gasteiger partial charge >= 0.3 is 0 Å². The third-order valence-electron chi connectivity index (χ3n) is 4.39. The summed E-state index contributed by atoms with van der Waals surface area (Å²) in [5.74, 6) is 1.38. The maximum Gasteiger partial charge on any atom is 0.238 e. The van der Waals surface area contributed by atoms with E-state index in [9.17, 15) is 9.59 Å². The molecule has 120 valence electrons. The van der Waals surface area contributed by atoms with Crippen molar-refractivity contribution in [2.24, 2.45) is 11.8 Å². The Labute approximate surface area is 136 Å². The number of anilines is 1. The SMILES string of the molecule is CC(=O)c1cccc(NC(=O)CN2C[C@H]3CNC[C@H]3C2)c1.Cl. The highest BCUT2D eigenvalue weighted by Gasteiger charge is 2.36. The third-order valence-corrected chi connectivity index (χ3v) is 4.39. The second-order valence-corrected chi connectivity index (χ2v) is 6.06. The fraction of sp³-hybridized carbons (Fsp3) is 0.500. The topological polar surface area (TPSA) is 61.4 Å². The van der Waals surface area contributed by atoms with Crippen molar-refractivity contribution in [3.8, 4) is 0 Å². The van der Waals surface area contributed by atoms with Gasteiger partial charge in [-0.2, -0.15) is 0 Å². The molecule has 5 nitrogen and oxygen atoms in total. The van der Waals surface area contributed by atoms with Crippen molar-refractivity contribution in [2.45, 2.75) is 6.92 Å². The van der Waals surface area contributed by atoms with E-state index in [1.54, 1.807) is 18.2 Å². The Morgan fingerprint density at radius 3 is 2.59 bits per heavy atom. The average molecular weight is 324 g/mol. The number of halogens is 1. The molecule has 2 aliphatic rings. The van der Waals surface area contributed by atoms with Crippen molar-refractivity contribution < 1.29 is 9.59 Å². The molecule has 1 aromatic carbocycles. The maximum atomic E-state index is 12.1. The van der Waals surface area contributed by atoms with E-state index in [1.165, 1.54) is 6.92 Å². The van der Waals surface area contributed by atoms with Crippen molar-refractivity contribution in [2.75, 3.05) is 38.0 Å². The molecule has 0 aromatic heterocycles. The van der Waals surface area contributed by atoms with Gasteiger partial charge in [0.1, 0.15) is 0 Å². The summed E-state index contributed by atoms with van der Waals surface area (Å²) in [6, 6.07) is 7.08. The van der Waals surface area contributed by atoms with Crippen LogP contribution in [-0.2, 0) is 4.79 Å². The van der Waals surface area contributed by atoms with E-state index >= 15 is 0 Å². The summed E-state index contributed by atoms with van der Waals surface area (Å²) >= 11 is 0. The van der Waals surface area contributed by atoms with E-state index in [0.717, 1.165) is 26.2 Å². The predicted molar refractivity (Wildman–Crippen MR) is 88.6 cm³/mol. The molecule has 0 unspecified atom stereocenters. The first-order valence-electron chi connectivity index (χ1n) is 7.46. The summed E-state index contributed by atoms with van der Waals surface area (Å²) in [5, 5.41) is 6.28. The average Bonchev–Trinajstić information content (AvgIpc) is 2.99. The molecule has 1 amide bonds. The number of hydrogen-bond acceptors (Lipinski definition) is 4. The van der Waals surface area contributed by atoms with Crippen LogP contribution in [0.5, 0.6) is 0 Å². The number of nitrogens with zero attached hydrogens (tertiary/aromatic N) is 1. The van der Waals surface area contributed by atoms with Crippen LogP contribution in [0.1, 0.15) is 17.3 Å². The number of benzene rings is 1. The summed E-state index contributed by atoms with van der Waals surface area (Å²) in [6.45, 7) is 6.10. The number of rotatable bonds is 4. The standard InChI is InChI=1S/C16H21N3O2.ClH/c1-11(20)12-3-2-4-15(5-12)18-16(21)10-19-8-13-6-17-7-14(13)9-19;/h2-5,13-14,17H,6-10H2,1H3,(H,18,21);1H/t13-,14+;. The highest BCUT2D eigenvalue weighted by molar-refractivity contribution is 5.97. The van der Waals surface area contributed by atoms with Gasteiger partial charge in [-0.3, -0.25) is 14.5 Å². The fourth-order valence-electron chi connectivity index (χ4n) is 3.30. The van der Waals surface area contributed by atoms with Crippen LogP contribution >= 0.6 is 12.4 Å². The van der Waals surface area contributed by atoms with Gasteiger partial charge in [-0.1, -0.05) is 12.1 Å². The number of amides is 1. The number of hydrogen-bond donors (Lipinski definition) is 2. The van der Waals surface area contributed by atoms with Gasteiger partial charge in [0.25, 0.3) is 0 Å². The minimum absolute atomic E-state index is 0. The van der Waals surface area contributed by atoms with E-state index in [1.807, 2.05) is 6.07 Å². The van der Waals surface area contributed by atoms with Crippen LogP contribution in [0.15, 0.2) is 24.3 Å². The second-order valence-electron chi connectivity index (χ2n) is 6.06. The van der Waals surface area contributed by atoms with Crippen molar-refractivity contribution in [3.05, 3.63) is 29.8 Å². The van der Waals surface area contributed by atoms with Crippen LogP contribution in [-0.4, -0.2) is 49.3 Å². The zero-order valence-electron chi connectivity index (χ0n) is 12.7. The molecule has 2 atom stereocenters. The first-order chi connectivity index (χ1) is 10.1. The summed E-state index contributed by atoms with van der Waals surface area (Å²) in [5.41, 5.74) is 1.31. The lowest BCUT2D eigenvalue weighted by Crippen LogP contribution is -2.33. The van der Waals surface area contributed by atoms with Crippen molar-refractivity contribution in [1.82, 2.24) is 10.2 Å². The number of nitrogens with one attached hydrogen (secondary N) is 2. The van der Waals surface area contributed by atoms with Gasteiger partial charge in [-0.25, -0.2) is 0 Å². The summed E-state index contributed by atoms with van der Waals surface area (Å²) in [7, 11) is 0. The van der Waals surface area contributed by atoms with E-state index < -0.39 is 0 Å². The number of likely N-dealkylation sites (tertiary alicyclic amines) is 1. The molecule has 2 heterocycles. The minimum Gasteiger partial charge on any atom is -0.325 e. The molecule has 22 heavy (non-hydrogen) atoms. The van der Waals surface area contributed by atoms with E-state index in [-0.39, 0.29) is 24.1 Å². The van der Waals surface area contributed by atoms with Crippen molar-refractivity contribution in [1.29, 1.82) is 0 Å². The van der Waals surface area contributed by atoms with Crippen LogP contribution in [0, 0.1) is 11.8 Å². The van der Waals surface area contributed by atoms with Gasteiger partial charge in [-0.15, -0.1) is 12.4 Å². The molecule has 0 bridgehead atoms. The molecule has 0 radical (unpaired) electrons. The molecule has 0 saturated carbocycles. The lowest BCUT2D eigenvalue weighted by Gasteiger charge is -2.16. The Morgan fingerprint density at radius 2 is 1.95 bits per heavy atom. The van der Waals surface area contributed by atoms with E-state index in [2.05, 4.69) is 15.5 Å². The number of carbonyl (C=O) groups excluding carboxylic acids is 2. The van der Waals surface area contributed by atoms with Gasteiger partial charge in [0.05, 0.1) is 6.54 Å². The minimum atomic E-state index is -0.0105. The fourth-order valence-corrected chi connectivity index (χ4v) is 3.30. The molecule has 2 aliphatic heterocycles. The summed E-state index contributed by atoms with van der Waals surface area (Å²) in [4.78, 5) is 25.7. The maximum absolute atomic E-state index is 12.1. The van der Waals surface area contributed by atoms with E-state index in [4.69, 9.17) is 0 Å². The van der Waals surface area contributed by atoms with Gasteiger partial charge < -0.3 is 10.6 Å². The molecular weight excluding hydrogens is 302 g/mol. The van der Waals surface area contributed by atoms with E-state index in [0.29, 0.717) is 29.6 Å². The Hall–Kier alpha value is -1.43. The number of fused-ring (bicyclic) bond motifs is 1. The van der Waals surface area contributed by atoms with Crippen LogP contribution < -0.4 is 10.6 Å². The zero-order valence-corrected chi connectivity index (χ0v) is 13.5. The van der Waals surface area contributed by atoms with Gasteiger partial charge in [0.15, 0.2) is 5.78 Å².